The van der Waals surface area contributed by atoms with Crippen LogP contribution >= 0.6 is 11.3 Å². The first-order chi connectivity index (χ1) is 10.5. The highest BCUT2D eigenvalue weighted by Gasteiger charge is 2.19. The zero-order chi connectivity index (χ0) is 15.7. The van der Waals surface area contributed by atoms with Crippen molar-refractivity contribution >= 4 is 22.9 Å². The lowest BCUT2D eigenvalue weighted by atomic mass is 10.0. The average molecular weight is 315 g/mol. The van der Waals surface area contributed by atoms with E-state index in [0.29, 0.717) is 17.8 Å². The van der Waals surface area contributed by atoms with Crippen LogP contribution < -0.4 is 5.73 Å². The summed E-state index contributed by atoms with van der Waals surface area (Å²) in [5.41, 5.74) is 9.28. The van der Waals surface area contributed by atoms with Crippen molar-refractivity contribution in [2.75, 3.05) is 12.8 Å². The molecular weight excluding hydrogens is 294 g/mol. The van der Waals surface area contributed by atoms with Gasteiger partial charge in [0.25, 0.3) is 5.91 Å². The number of nitrogen functional groups attached to an aromatic ring is 1. The minimum absolute atomic E-state index is 0.00188. The second kappa shape index (κ2) is 6.08. The van der Waals surface area contributed by atoms with Crippen molar-refractivity contribution in [1.29, 1.82) is 0 Å². The Morgan fingerprint density at radius 1 is 1.36 bits per heavy atom. The van der Waals surface area contributed by atoms with Gasteiger partial charge in [0, 0.05) is 23.2 Å². The van der Waals surface area contributed by atoms with Gasteiger partial charge in [0.2, 0.25) is 0 Å². The molecule has 22 heavy (non-hydrogen) atoms. The molecule has 0 atom stereocenters. The Balaban J connectivity index is 1.76. The molecule has 2 aromatic rings. The van der Waals surface area contributed by atoms with Crippen LogP contribution in [0.4, 0.5) is 5.69 Å². The van der Waals surface area contributed by atoms with Crippen molar-refractivity contribution < 1.29 is 4.79 Å². The number of fused-ring (bicyclic) bond motifs is 1. The number of aromatic nitrogens is 1. The molecule has 1 aliphatic rings. The molecule has 0 spiro atoms. The van der Waals surface area contributed by atoms with Gasteiger partial charge in [0.15, 0.2) is 0 Å². The van der Waals surface area contributed by atoms with Crippen LogP contribution in [0.15, 0.2) is 18.2 Å². The molecule has 5 heteroatoms. The molecule has 2 N–H and O–H groups in total. The van der Waals surface area contributed by atoms with Crippen LogP contribution in [0.3, 0.4) is 0 Å². The van der Waals surface area contributed by atoms with Crippen LogP contribution in [0.2, 0.25) is 0 Å². The van der Waals surface area contributed by atoms with Crippen molar-refractivity contribution in [2.24, 2.45) is 0 Å². The highest BCUT2D eigenvalue weighted by Crippen LogP contribution is 2.27. The number of anilines is 1. The summed E-state index contributed by atoms with van der Waals surface area (Å²) in [6.07, 6.45) is 4.70. The number of nitrogens with two attached hydrogens (primary N) is 1. The van der Waals surface area contributed by atoms with Gasteiger partial charge in [-0.3, -0.25) is 4.79 Å². The smallest absolute Gasteiger partial charge is 0.254 e. The lowest BCUT2D eigenvalue weighted by Crippen LogP contribution is -2.27. The molecule has 0 saturated heterocycles. The number of carbonyl (C=O) groups is 1. The van der Waals surface area contributed by atoms with E-state index in [2.05, 4.69) is 0 Å². The van der Waals surface area contributed by atoms with Crippen molar-refractivity contribution in [1.82, 2.24) is 9.88 Å². The van der Waals surface area contributed by atoms with E-state index in [-0.39, 0.29) is 5.91 Å². The van der Waals surface area contributed by atoms with Crippen molar-refractivity contribution in [2.45, 2.75) is 39.2 Å². The summed E-state index contributed by atoms with van der Waals surface area (Å²) < 4.78 is 0. The highest BCUT2D eigenvalue weighted by atomic mass is 32.1. The van der Waals surface area contributed by atoms with E-state index in [4.69, 9.17) is 10.7 Å². The van der Waals surface area contributed by atoms with Gasteiger partial charge in [-0.05, 0) is 50.3 Å². The fourth-order valence-corrected chi connectivity index (χ4v) is 4.03. The first kappa shape index (κ1) is 15.0. The van der Waals surface area contributed by atoms with Gasteiger partial charge < -0.3 is 10.6 Å². The fraction of sp³-hybridized carbons (Fsp3) is 0.412. The second-order valence-electron chi connectivity index (χ2n) is 5.92. The number of amides is 1. The third-order valence-corrected chi connectivity index (χ3v) is 5.24. The van der Waals surface area contributed by atoms with E-state index in [1.54, 1.807) is 22.3 Å². The standard InChI is InChI=1S/C17H21N3OS/c1-11-7-8-12(18)9-13(11)17(21)20(2)10-16-19-14-5-3-4-6-15(14)22-16/h7-9H,3-6,10,18H2,1-2H3. The zero-order valence-corrected chi connectivity index (χ0v) is 13.9. The second-order valence-corrected chi connectivity index (χ2v) is 7.09. The van der Waals surface area contributed by atoms with Crippen LogP contribution in [0, 0.1) is 6.92 Å². The Morgan fingerprint density at radius 2 is 2.14 bits per heavy atom. The van der Waals surface area contributed by atoms with E-state index < -0.39 is 0 Å². The quantitative estimate of drug-likeness (QED) is 0.885. The summed E-state index contributed by atoms with van der Waals surface area (Å²) in [6.45, 7) is 2.49. The lowest BCUT2D eigenvalue weighted by Gasteiger charge is -2.17. The molecule has 1 amide bonds. The Bertz CT molecular complexity index is 684. The lowest BCUT2D eigenvalue weighted by molar-refractivity contribution is 0.0784. The summed E-state index contributed by atoms with van der Waals surface area (Å²) in [7, 11) is 1.82. The Morgan fingerprint density at radius 3 is 2.91 bits per heavy atom. The number of thiazole rings is 1. The maximum absolute atomic E-state index is 12.6. The minimum Gasteiger partial charge on any atom is -0.399 e. The average Bonchev–Trinajstić information content (AvgIpc) is 2.91. The Labute approximate surface area is 135 Å². The van der Waals surface area contributed by atoms with Gasteiger partial charge in [-0.15, -0.1) is 11.3 Å². The third kappa shape index (κ3) is 2.99. The van der Waals surface area contributed by atoms with Crippen LogP contribution in [-0.4, -0.2) is 22.8 Å². The number of aryl methyl sites for hydroxylation is 3. The summed E-state index contributed by atoms with van der Waals surface area (Å²) in [5, 5.41) is 1.03. The molecule has 0 aliphatic heterocycles. The van der Waals surface area contributed by atoms with E-state index in [9.17, 15) is 4.79 Å². The summed E-state index contributed by atoms with van der Waals surface area (Å²) in [4.78, 5) is 20.5. The monoisotopic (exact) mass is 315 g/mol. The fourth-order valence-electron chi connectivity index (χ4n) is 2.82. The number of carbonyl (C=O) groups excluding carboxylic acids is 1. The number of nitrogens with zero attached hydrogens (tertiary/aromatic N) is 2. The van der Waals surface area contributed by atoms with E-state index in [0.717, 1.165) is 23.4 Å². The predicted molar refractivity (Wildman–Crippen MR) is 90.1 cm³/mol. The van der Waals surface area contributed by atoms with E-state index >= 15 is 0 Å². The molecule has 3 rings (SSSR count). The molecule has 0 unspecified atom stereocenters. The van der Waals surface area contributed by atoms with Crippen LogP contribution in [0.25, 0.3) is 0 Å². The topological polar surface area (TPSA) is 59.2 Å². The molecule has 0 bridgehead atoms. The largest absolute Gasteiger partial charge is 0.399 e. The molecule has 0 saturated carbocycles. The molecule has 0 radical (unpaired) electrons. The molecule has 0 fully saturated rings. The van der Waals surface area contributed by atoms with Gasteiger partial charge in [-0.1, -0.05) is 6.07 Å². The van der Waals surface area contributed by atoms with Crippen LogP contribution in [0.5, 0.6) is 0 Å². The first-order valence-electron chi connectivity index (χ1n) is 7.63. The molecule has 1 aromatic heterocycles. The summed E-state index contributed by atoms with van der Waals surface area (Å²) >= 11 is 1.75. The molecule has 1 heterocycles. The number of hydrogen-bond donors (Lipinski definition) is 1. The molecule has 1 aliphatic carbocycles. The summed E-state index contributed by atoms with van der Waals surface area (Å²) in [5.74, 6) is -0.00188. The number of rotatable bonds is 3. The van der Waals surface area contributed by atoms with Crippen molar-refractivity contribution in [3.8, 4) is 0 Å². The molecule has 116 valence electrons. The van der Waals surface area contributed by atoms with E-state index in [1.165, 1.54) is 23.4 Å². The van der Waals surface area contributed by atoms with E-state index in [1.807, 2.05) is 26.1 Å². The predicted octanol–water partition coefficient (Wildman–Crippen LogP) is 3.18. The number of benzene rings is 1. The molecule has 1 aromatic carbocycles. The summed E-state index contributed by atoms with van der Waals surface area (Å²) in [6, 6.07) is 5.46. The van der Waals surface area contributed by atoms with Gasteiger partial charge in [0.1, 0.15) is 5.01 Å². The molecular formula is C17H21N3OS. The maximum atomic E-state index is 12.6. The van der Waals surface area contributed by atoms with Crippen molar-refractivity contribution in [3.05, 3.63) is 44.9 Å². The van der Waals surface area contributed by atoms with Gasteiger partial charge in [-0.2, -0.15) is 0 Å². The minimum atomic E-state index is -0.00188. The Kier molecular flexibility index (Phi) is 4.16. The normalized spacial score (nSPS) is 13.7. The molecule has 4 nitrogen and oxygen atoms in total. The third-order valence-electron chi connectivity index (χ3n) is 4.10. The van der Waals surface area contributed by atoms with Crippen LogP contribution in [0.1, 0.15) is 44.3 Å². The van der Waals surface area contributed by atoms with Gasteiger partial charge in [-0.25, -0.2) is 4.98 Å². The first-order valence-corrected chi connectivity index (χ1v) is 8.45. The van der Waals surface area contributed by atoms with Gasteiger partial charge >= 0.3 is 0 Å². The van der Waals surface area contributed by atoms with Gasteiger partial charge in [0.05, 0.1) is 12.2 Å². The highest BCUT2D eigenvalue weighted by molar-refractivity contribution is 7.11. The zero-order valence-electron chi connectivity index (χ0n) is 13.1. The van der Waals surface area contributed by atoms with Crippen LogP contribution in [-0.2, 0) is 19.4 Å². The number of hydrogen-bond acceptors (Lipinski definition) is 4. The maximum Gasteiger partial charge on any atom is 0.254 e. The Hall–Kier alpha value is -1.88. The SMILES string of the molecule is Cc1ccc(N)cc1C(=O)N(C)Cc1nc2c(s1)CCCC2. The van der Waals surface area contributed by atoms with Crippen molar-refractivity contribution in [3.63, 3.8) is 0 Å².